The third kappa shape index (κ3) is 10.5. The van der Waals surface area contributed by atoms with Gasteiger partial charge in [0, 0.05) is 11.8 Å². The van der Waals surface area contributed by atoms with Crippen LogP contribution in [0.4, 0.5) is 0 Å². The number of carbonyl (C=O) groups excluding carboxylic acids is 1. The van der Waals surface area contributed by atoms with Crippen LogP contribution in [-0.2, 0) is 9.53 Å². The van der Waals surface area contributed by atoms with E-state index in [-0.39, 0.29) is 12.1 Å². The quantitative estimate of drug-likeness (QED) is 0.338. The Morgan fingerprint density at radius 2 is 1.69 bits per heavy atom. The third-order valence-corrected chi connectivity index (χ3v) is 3.23. The molecule has 0 aliphatic carbocycles. The summed E-state index contributed by atoms with van der Waals surface area (Å²) >= 11 is 3.42. The first-order valence-electron chi connectivity index (χ1n) is 6.46. The number of halogens is 1. The van der Waals surface area contributed by atoms with E-state index in [9.17, 15) is 4.79 Å². The van der Waals surface area contributed by atoms with Gasteiger partial charge in [-0.1, -0.05) is 48.5 Å². The standard InChI is InChI=1S/C13H25BrO2/c1-3-12(2)16-13(15)10-8-6-4-5-7-9-11-14/h12H,3-11H2,1-2H3. The van der Waals surface area contributed by atoms with Crippen LogP contribution in [0.15, 0.2) is 0 Å². The Kier molecular flexibility index (Phi) is 11.4. The van der Waals surface area contributed by atoms with Crippen LogP contribution in [0.5, 0.6) is 0 Å². The molecule has 0 saturated heterocycles. The molecule has 0 spiro atoms. The highest BCUT2D eigenvalue weighted by Gasteiger charge is 2.06. The molecule has 0 aromatic carbocycles. The van der Waals surface area contributed by atoms with Gasteiger partial charge in [0.25, 0.3) is 0 Å². The summed E-state index contributed by atoms with van der Waals surface area (Å²) in [6.45, 7) is 3.97. The molecule has 2 nitrogen and oxygen atoms in total. The van der Waals surface area contributed by atoms with E-state index in [4.69, 9.17) is 4.74 Å². The molecule has 16 heavy (non-hydrogen) atoms. The van der Waals surface area contributed by atoms with E-state index in [1.54, 1.807) is 0 Å². The van der Waals surface area contributed by atoms with Crippen LogP contribution in [0.2, 0.25) is 0 Å². The molecule has 0 saturated carbocycles. The first kappa shape index (κ1) is 16.0. The first-order chi connectivity index (χ1) is 7.70. The number of alkyl halides is 1. The molecule has 0 aliphatic heterocycles. The fourth-order valence-electron chi connectivity index (χ4n) is 1.44. The molecular weight excluding hydrogens is 268 g/mol. The number of rotatable bonds is 10. The number of carbonyl (C=O) groups is 1. The van der Waals surface area contributed by atoms with Gasteiger partial charge in [0.2, 0.25) is 0 Å². The zero-order valence-electron chi connectivity index (χ0n) is 10.6. The minimum Gasteiger partial charge on any atom is -0.463 e. The first-order valence-corrected chi connectivity index (χ1v) is 7.58. The topological polar surface area (TPSA) is 26.3 Å². The van der Waals surface area contributed by atoms with Crippen molar-refractivity contribution in [3.8, 4) is 0 Å². The van der Waals surface area contributed by atoms with Gasteiger partial charge in [-0.25, -0.2) is 0 Å². The van der Waals surface area contributed by atoms with E-state index < -0.39 is 0 Å². The SMILES string of the molecule is CCC(C)OC(=O)CCCCCCCCBr. The third-order valence-electron chi connectivity index (χ3n) is 2.67. The molecule has 0 aliphatic rings. The molecule has 0 fully saturated rings. The lowest BCUT2D eigenvalue weighted by Crippen LogP contribution is -2.13. The highest BCUT2D eigenvalue weighted by atomic mass is 79.9. The molecule has 0 heterocycles. The van der Waals surface area contributed by atoms with Crippen molar-refractivity contribution in [2.24, 2.45) is 0 Å². The van der Waals surface area contributed by atoms with E-state index in [2.05, 4.69) is 15.9 Å². The molecule has 0 rings (SSSR count). The lowest BCUT2D eigenvalue weighted by Gasteiger charge is -2.10. The number of unbranched alkanes of at least 4 members (excludes halogenated alkanes) is 5. The number of esters is 1. The highest BCUT2D eigenvalue weighted by molar-refractivity contribution is 9.09. The summed E-state index contributed by atoms with van der Waals surface area (Å²) in [4.78, 5) is 11.3. The maximum Gasteiger partial charge on any atom is 0.306 e. The Balaban J connectivity index is 3.21. The van der Waals surface area contributed by atoms with Crippen molar-refractivity contribution in [1.29, 1.82) is 0 Å². The zero-order chi connectivity index (χ0) is 12.2. The van der Waals surface area contributed by atoms with Crippen LogP contribution in [-0.4, -0.2) is 17.4 Å². The van der Waals surface area contributed by atoms with Gasteiger partial charge in [-0.05, 0) is 26.2 Å². The maximum absolute atomic E-state index is 11.3. The predicted octanol–water partition coefficient (Wildman–Crippen LogP) is 4.45. The summed E-state index contributed by atoms with van der Waals surface area (Å²) in [6, 6.07) is 0. The van der Waals surface area contributed by atoms with E-state index in [1.165, 1.54) is 25.7 Å². The van der Waals surface area contributed by atoms with Crippen molar-refractivity contribution >= 4 is 21.9 Å². The molecule has 1 unspecified atom stereocenters. The van der Waals surface area contributed by atoms with Gasteiger partial charge in [-0.2, -0.15) is 0 Å². The van der Waals surface area contributed by atoms with E-state index in [0.29, 0.717) is 6.42 Å². The summed E-state index contributed by atoms with van der Waals surface area (Å²) in [5, 5.41) is 1.11. The van der Waals surface area contributed by atoms with Crippen LogP contribution >= 0.6 is 15.9 Å². The lowest BCUT2D eigenvalue weighted by atomic mass is 10.1. The van der Waals surface area contributed by atoms with Crippen molar-refractivity contribution in [2.45, 2.75) is 71.3 Å². The normalized spacial score (nSPS) is 12.4. The van der Waals surface area contributed by atoms with Crippen molar-refractivity contribution in [2.75, 3.05) is 5.33 Å². The molecule has 0 aromatic heterocycles. The molecule has 0 bridgehead atoms. The summed E-state index contributed by atoms with van der Waals surface area (Å²) < 4.78 is 5.20. The zero-order valence-corrected chi connectivity index (χ0v) is 12.2. The highest BCUT2D eigenvalue weighted by Crippen LogP contribution is 2.09. The largest absolute Gasteiger partial charge is 0.463 e. The average Bonchev–Trinajstić information content (AvgIpc) is 2.27. The fourth-order valence-corrected chi connectivity index (χ4v) is 1.83. The molecule has 0 aromatic rings. The van der Waals surface area contributed by atoms with Crippen LogP contribution in [0, 0.1) is 0 Å². The van der Waals surface area contributed by atoms with Crippen molar-refractivity contribution in [3.05, 3.63) is 0 Å². The van der Waals surface area contributed by atoms with Gasteiger partial charge in [0.15, 0.2) is 0 Å². The second-order valence-corrected chi connectivity index (χ2v) is 5.06. The Hall–Kier alpha value is -0.0500. The van der Waals surface area contributed by atoms with Crippen molar-refractivity contribution in [3.63, 3.8) is 0 Å². The van der Waals surface area contributed by atoms with E-state index in [1.807, 2.05) is 13.8 Å². The van der Waals surface area contributed by atoms with Crippen molar-refractivity contribution in [1.82, 2.24) is 0 Å². The average molecular weight is 293 g/mol. The minimum absolute atomic E-state index is 0.0326. The summed E-state index contributed by atoms with van der Waals surface area (Å²) in [5.74, 6) is -0.0326. The van der Waals surface area contributed by atoms with Gasteiger partial charge < -0.3 is 4.74 Å². The van der Waals surface area contributed by atoms with Gasteiger partial charge in [-0.3, -0.25) is 4.79 Å². The summed E-state index contributed by atoms with van der Waals surface area (Å²) in [6.07, 6.45) is 8.77. The monoisotopic (exact) mass is 292 g/mol. The smallest absolute Gasteiger partial charge is 0.306 e. The van der Waals surface area contributed by atoms with Gasteiger partial charge in [-0.15, -0.1) is 0 Å². The van der Waals surface area contributed by atoms with Gasteiger partial charge >= 0.3 is 5.97 Å². The van der Waals surface area contributed by atoms with Crippen LogP contribution in [0.25, 0.3) is 0 Å². The lowest BCUT2D eigenvalue weighted by molar-refractivity contribution is -0.148. The Bertz CT molecular complexity index is 171. The Morgan fingerprint density at radius 3 is 2.25 bits per heavy atom. The fraction of sp³-hybridized carbons (Fsp3) is 0.923. The predicted molar refractivity (Wildman–Crippen MR) is 72.0 cm³/mol. The maximum atomic E-state index is 11.3. The van der Waals surface area contributed by atoms with Crippen LogP contribution < -0.4 is 0 Å². The summed E-state index contributed by atoms with van der Waals surface area (Å²) in [5.41, 5.74) is 0. The van der Waals surface area contributed by atoms with E-state index in [0.717, 1.165) is 24.6 Å². The number of hydrogen-bond acceptors (Lipinski definition) is 2. The van der Waals surface area contributed by atoms with Crippen molar-refractivity contribution < 1.29 is 9.53 Å². The molecule has 0 amide bonds. The Morgan fingerprint density at radius 1 is 1.12 bits per heavy atom. The van der Waals surface area contributed by atoms with E-state index >= 15 is 0 Å². The van der Waals surface area contributed by atoms with Gasteiger partial charge in [0.1, 0.15) is 0 Å². The minimum atomic E-state index is -0.0326. The number of hydrogen-bond donors (Lipinski definition) is 0. The second kappa shape index (κ2) is 11.4. The summed E-state index contributed by atoms with van der Waals surface area (Å²) in [7, 11) is 0. The molecular formula is C13H25BrO2. The van der Waals surface area contributed by atoms with Crippen LogP contribution in [0.3, 0.4) is 0 Å². The molecule has 0 N–H and O–H groups in total. The Labute approximate surface area is 108 Å². The number of ether oxygens (including phenoxy) is 1. The molecule has 96 valence electrons. The second-order valence-electron chi connectivity index (χ2n) is 4.27. The van der Waals surface area contributed by atoms with Gasteiger partial charge in [0.05, 0.1) is 6.10 Å². The molecule has 0 radical (unpaired) electrons. The molecule has 3 heteroatoms. The van der Waals surface area contributed by atoms with Crippen LogP contribution in [0.1, 0.15) is 65.2 Å². The molecule has 1 atom stereocenters.